The lowest BCUT2D eigenvalue weighted by atomic mass is 9.92. The monoisotopic (exact) mass is 356 g/mol. The van der Waals surface area contributed by atoms with E-state index in [4.69, 9.17) is 23.3 Å². The lowest BCUT2D eigenvalue weighted by molar-refractivity contribution is -0.125. The van der Waals surface area contributed by atoms with Crippen LogP contribution in [0.5, 0.6) is 5.75 Å². The highest BCUT2D eigenvalue weighted by Crippen LogP contribution is 2.63. The van der Waals surface area contributed by atoms with Gasteiger partial charge in [0, 0.05) is 33.2 Å². The minimum Gasteiger partial charge on any atom is -0.497 e. The summed E-state index contributed by atoms with van der Waals surface area (Å²) in [6.07, 6.45) is 0.136. The third-order valence-corrected chi connectivity index (χ3v) is 6.25. The lowest BCUT2D eigenvalue weighted by Gasteiger charge is -2.35. The number of rotatable bonds is 7. The predicted molar refractivity (Wildman–Crippen MR) is 91.2 cm³/mol. The molecule has 0 spiro atoms. The van der Waals surface area contributed by atoms with Gasteiger partial charge in [0.1, 0.15) is 11.5 Å². The highest BCUT2D eigenvalue weighted by Gasteiger charge is 2.42. The minimum atomic E-state index is -3.43. The first-order valence-corrected chi connectivity index (χ1v) is 9.38. The van der Waals surface area contributed by atoms with Crippen LogP contribution in [0.1, 0.15) is 31.7 Å². The first kappa shape index (κ1) is 19.0. The molecule has 0 N–H and O–H groups in total. The van der Waals surface area contributed by atoms with E-state index in [2.05, 4.69) is 0 Å². The standard InChI is InChI=1S/C17H25O6P/c1-6-22-16-11-15(13-7-9-14(19-3)10-8-13)17(12(2)23-16)24(18,20-4)21-5/h7-10,15-16H,6,11H2,1-5H3/t15-,16-/m0/s1. The lowest BCUT2D eigenvalue weighted by Crippen LogP contribution is -2.27. The van der Waals surface area contributed by atoms with Crippen LogP contribution >= 0.6 is 7.60 Å². The second-order valence-corrected chi connectivity index (χ2v) is 7.58. The number of allylic oxidation sites excluding steroid dienone is 2. The number of hydrogen-bond donors (Lipinski definition) is 0. The molecule has 7 heteroatoms. The Bertz CT molecular complexity index is 616. The Morgan fingerprint density at radius 3 is 2.29 bits per heavy atom. The fourth-order valence-electron chi connectivity index (χ4n) is 2.93. The molecule has 2 atom stereocenters. The summed E-state index contributed by atoms with van der Waals surface area (Å²) in [5.74, 6) is 1.09. The smallest absolute Gasteiger partial charge is 0.360 e. The van der Waals surface area contributed by atoms with Gasteiger partial charge in [-0.25, -0.2) is 0 Å². The van der Waals surface area contributed by atoms with Crippen molar-refractivity contribution in [1.82, 2.24) is 0 Å². The average Bonchev–Trinajstić information content (AvgIpc) is 2.61. The molecular weight excluding hydrogens is 331 g/mol. The molecule has 1 aromatic rings. The summed E-state index contributed by atoms with van der Waals surface area (Å²) in [7, 11) is 0.947. The van der Waals surface area contributed by atoms with E-state index < -0.39 is 13.9 Å². The Kier molecular flexibility index (Phi) is 6.47. The van der Waals surface area contributed by atoms with Crippen molar-refractivity contribution in [2.45, 2.75) is 32.5 Å². The highest BCUT2D eigenvalue weighted by molar-refractivity contribution is 7.58. The Labute approximate surface area is 143 Å². The van der Waals surface area contributed by atoms with Crippen LogP contribution in [0.15, 0.2) is 35.3 Å². The molecule has 1 aliphatic heterocycles. The maximum Gasteiger partial charge on any atom is 0.360 e. The summed E-state index contributed by atoms with van der Waals surface area (Å²) < 4.78 is 40.1. The van der Waals surface area contributed by atoms with Crippen molar-refractivity contribution in [2.75, 3.05) is 27.9 Å². The molecule has 24 heavy (non-hydrogen) atoms. The fraction of sp³-hybridized carbons (Fsp3) is 0.529. The van der Waals surface area contributed by atoms with E-state index >= 15 is 0 Å². The summed E-state index contributed by atoms with van der Waals surface area (Å²) in [5.41, 5.74) is 0.979. The van der Waals surface area contributed by atoms with Gasteiger partial charge in [-0.15, -0.1) is 0 Å². The summed E-state index contributed by atoms with van der Waals surface area (Å²) in [4.78, 5) is 0. The SMILES string of the molecule is CCO[C@@H]1C[C@@H](c2ccc(OC)cc2)C(P(=O)(OC)OC)=C(C)O1. The van der Waals surface area contributed by atoms with E-state index in [1.54, 1.807) is 14.0 Å². The largest absolute Gasteiger partial charge is 0.497 e. The summed E-state index contributed by atoms with van der Waals surface area (Å²) in [5, 5.41) is 0.536. The third kappa shape index (κ3) is 3.83. The van der Waals surface area contributed by atoms with Crippen molar-refractivity contribution in [3.63, 3.8) is 0 Å². The molecule has 1 aliphatic rings. The van der Waals surface area contributed by atoms with Gasteiger partial charge in [-0.3, -0.25) is 4.57 Å². The molecule has 0 saturated heterocycles. The van der Waals surface area contributed by atoms with E-state index in [0.29, 0.717) is 24.1 Å². The normalized spacial score (nSPS) is 21.5. The van der Waals surface area contributed by atoms with Gasteiger partial charge in [-0.2, -0.15) is 0 Å². The molecule has 0 radical (unpaired) electrons. The van der Waals surface area contributed by atoms with Gasteiger partial charge in [-0.05, 0) is 31.5 Å². The van der Waals surface area contributed by atoms with E-state index in [0.717, 1.165) is 11.3 Å². The van der Waals surface area contributed by atoms with Crippen molar-refractivity contribution >= 4 is 7.60 Å². The van der Waals surface area contributed by atoms with Gasteiger partial charge in [0.25, 0.3) is 0 Å². The molecule has 0 aromatic heterocycles. The van der Waals surface area contributed by atoms with Gasteiger partial charge in [0.2, 0.25) is 0 Å². The van der Waals surface area contributed by atoms with Crippen LogP contribution in [-0.4, -0.2) is 34.2 Å². The summed E-state index contributed by atoms with van der Waals surface area (Å²) in [6.45, 7) is 4.21. The highest BCUT2D eigenvalue weighted by atomic mass is 31.2. The van der Waals surface area contributed by atoms with E-state index in [-0.39, 0.29) is 5.92 Å². The van der Waals surface area contributed by atoms with Crippen LogP contribution in [0.25, 0.3) is 0 Å². The molecule has 0 bridgehead atoms. The van der Waals surface area contributed by atoms with Crippen molar-refractivity contribution in [1.29, 1.82) is 0 Å². The molecule has 1 aromatic carbocycles. The zero-order valence-corrected chi connectivity index (χ0v) is 15.7. The Hall–Kier alpha value is -1.33. The van der Waals surface area contributed by atoms with Gasteiger partial charge >= 0.3 is 7.60 Å². The van der Waals surface area contributed by atoms with Crippen LogP contribution in [0.3, 0.4) is 0 Å². The molecule has 0 saturated carbocycles. The summed E-state index contributed by atoms with van der Waals surface area (Å²) >= 11 is 0. The molecule has 0 amide bonds. The Morgan fingerprint density at radius 1 is 1.17 bits per heavy atom. The Morgan fingerprint density at radius 2 is 1.79 bits per heavy atom. The number of benzene rings is 1. The Balaban J connectivity index is 2.48. The van der Waals surface area contributed by atoms with E-state index in [1.807, 2.05) is 31.2 Å². The second kappa shape index (κ2) is 8.17. The third-order valence-electron chi connectivity index (χ3n) is 4.07. The molecule has 0 aliphatic carbocycles. The van der Waals surface area contributed by atoms with Crippen molar-refractivity contribution in [2.24, 2.45) is 0 Å². The van der Waals surface area contributed by atoms with Crippen LogP contribution in [-0.2, 0) is 23.1 Å². The van der Waals surface area contributed by atoms with Crippen molar-refractivity contribution in [3.05, 3.63) is 40.9 Å². The molecule has 0 fully saturated rings. The molecule has 2 rings (SSSR count). The number of ether oxygens (including phenoxy) is 3. The number of methoxy groups -OCH3 is 1. The van der Waals surface area contributed by atoms with Crippen LogP contribution in [0.4, 0.5) is 0 Å². The maximum atomic E-state index is 13.0. The van der Waals surface area contributed by atoms with Crippen molar-refractivity contribution in [3.8, 4) is 5.75 Å². The van der Waals surface area contributed by atoms with Gasteiger partial charge in [0.15, 0.2) is 6.29 Å². The first-order valence-electron chi connectivity index (χ1n) is 7.84. The zero-order chi connectivity index (χ0) is 17.7. The first-order chi connectivity index (χ1) is 11.5. The molecule has 134 valence electrons. The quantitative estimate of drug-likeness (QED) is 0.680. The average molecular weight is 356 g/mol. The number of hydrogen-bond acceptors (Lipinski definition) is 6. The van der Waals surface area contributed by atoms with Gasteiger partial charge < -0.3 is 23.3 Å². The zero-order valence-electron chi connectivity index (χ0n) is 14.8. The van der Waals surface area contributed by atoms with Crippen molar-refractivity contribution < 1.29 is 27.8 Å². The molecule has 1 heterocycles. The minimum absolute atomic E-state index is 0.188. The second-order valence-electron chi connectivity index (χ2n) is 5.37. The van der Waals surface area contributed by atoms with Gasteiger partial charge in [-0.1, -0.05) is 12.1 Å². The fourth-order valence-corrected chi connectivity index (χ4v) is 4.55. The van der Waals surface area contributed by atoms with Crippen LogP contribution in [0.2, 0.25) is 0 Å². The topological polar surface area (TPSA) is 63.2 Å². The molecule has 0 unspecified atom stereocenters. The van der Waals surface area contributed by atoms with E-state index in [1.165, 1.54) is 14.2 Å². The van der Waals surface area contributed by atoms with Crippen LogP contribution in [0, 0.1) is 0 Å². The maximum absolute atomic E-state index is 13.0. The molecule has 6 nitrogen and oxygen atoms in total. The van der Waals surface area contributed by atoms with Gasteiger partial charge in [0.05, 0.1) is 12.4 Å². The predicted octanol–water partition coefficient (Wildman–Crippen LogP) is 4.28. The summed E-state index contributed by atoms with van der Waals surface area (Å²) in [6, 6.07) is 7.64. The van der Waals surface area contributed by atoms with E-state index in [9.17, 15) is 4.57 Å². The van der Waals surface area contributed by atoms with Crippen LogP contribution < -0.4 is 4.74 Å². The molecular formula is C17H25O6P.